The number of rotatable bonds is 4. The van der Waals surface area contributed by atoms with Gasteiger partial charge in [0.25, 0.3) is 0 Å². The second kappa shape index (κ2) is 9.27. The molecule has 0 fully saturated rings. The summed E-state index contributed by atoms with van der Waals surface area (Å²) in [5, 5.41) is 13.4. The summed E-state index contributed by atoms with van der Waals surface area (Å²) in [5.74, 6) is 0.405. The standard InChI is InChI=1S/C30H34N2OS/c1-29(2,3)24-17-22(18-25(27(24)33)30(4,5)6)26-20-34-28(31-23-15-11-8-12-16-23)32(26)19-21-13-9-7-10-14-21/h7-18,20,33H,19H2,1-6H3. The van der Waals surface area contributed by atoms with E-state index < -0.39 is 0 Å². The first-order valence-corrected chi connectivity index (χ1v) is 12.6. The topological polar surface area (TPSA) is 37.5 Å². The lowest BCUT2D eigenvalue weighted by atomic mass is 9.78. The van der Waals surface area contributed by atoms with Gasteiger partial charge in [0, 0.05) is 16.5 Å². The zero-order chi connectivity index (χ0) is 24.5. The fraction of sp³-hybridized carbons (Fsp3) is 0.300. The quantitative estimate of drug-likeness (QED) is 0.325. The van der Waals surface area contributed by atoms with Crippen LogP contribution in [0, 0.1) is 0 Å². The van der Waals surface area contributed by atoms with Crippen LogP contribution >= 0.6 is 11.3 Å². The molecule has 4 heteroatoms. The van der Waals surface area contributed by atoms with Gasteiger partial charge in [-0.25, -0.2) is 4.99 Å². The Morgan fingerprint density at radius 2 is 1.32 bits per heavy atom. The van der Waals surface area contributed by atoms with Gasteiger partial charge >= 0.3 is 0 Å². The van der Waals surface area contributed by atoms with Crippen LogP contribution in [0.1, 0.15) is 58.2 Å². The summed E-state index contributed by atoms with van der Waals surface area (Å²) in [5.41, 5.74) is 5.95. The highest BCUT2D eigenvalue weighted by Gasteiger charge is 2.27. The Morgan fingerprint density at radius 3 is 1.85 bits per heavy atom. The number of nitrogens with zero attached hydrogens (tertiary/aromatic N) is 2. The van der Waals surface area contributed by atoms with Crippen molar-refractivity contribution < 1.29 is 5.11 Å². The van der Waals surface area contributed by atoms with Gasteiger partial charge in [-0.05, 0) is 46.2 Å². The minimum Gasteiger partial charge on any atom is -0.507 e. The van der Waals surface area contributed by atoms with E-state index in [1.807, 2.05) is 36.4 Å². The van der Waals surface area contributed by atoms with E-state index in [1.165, 1.54) is 5.56 Å². The third kappa shape index (κ3) is 5.18. The molecule has 4 rings (SSSR count). The molecular formula is C30H34N2OS. The average molecular weight is 471 g/mol. The summed E-state index contributed by atoms with van der Waals surface area (Å²) in [6.45, 7) is 13.6. The number of phenolic OH excluding ortho intramolecular Hbond substituents is 1. The van der Waals surface area contributed by atoms with Gasteiger partial charge in [-0.3, -0.25) is 0 Å². The van der Waals surface area contributed by atoms with Gasteiger partial charge < -0.3 is 9.67 Å². The molecule has 34 heavy (non-hydrogen) atoms. The van der Waals surface area contributed by atoms with E-state index in [1.54, 1.807) is 11.3 Å². The summed E-state index contributed by atoms with van der Waals surface area (Å²) < 4.78 is 2.29. The Labute approximate surface area is 207 Å². The predicted molar refractivity (Wildman–Crippen MR) is 144 cm³/mol. The molecule has 1 heterocycles. The fourth-order valence-corrected chi connectivity index (χ4v) is 5.04. The maximum absolute atomic E-state index is 11.2. The number of hydrogen-bond donors (Lipinski definition) is 1. The number of phenols is 1. The smallest absolute Gasteiger partial charge is 0.190 e. The maximum Gasteiger partial charge on any atom is 0.190 e. The summed E-state index contributed by atoms with van der Waals surface area (Å²) in [6, 6.07) is 24.9. The molecule has 0 bridgehead atoms. The molecule has 176 valence electrons. The summed E-state index contributed by atoms with van der Waals surface area (Å²) in [4.78, 5) is 5.93. The van der Waals surface area contributed by atoms with Crippen molar-refractivity contribution in [2.75, 3.05) is 0 Å². The molecule has 0 aliphatic carbocycles. The van der Waals surface area contributed by atoms with E-state index in [4.69, 9.17) is 4.99 Å². The van der Waals surface area contributed by atoms with Crippen molar-refractivity contribution in [2.45, 2.75) is 58.9 Å². The van der Waals surface area contributed by atoms with Gasteiger partial charge in [0.2, 0.25) is 0 Å². The first kappa shape index (κ1) is 24.0. The van der Waals surface area contributed by atoms with E-state index in [2.05, 4.69) is 87.9 Å². The van der Waals surface area contributed by atoms with Crippen LogP contribution in [0.2, 0.25) is 0 Å². The number of para-hydroxylation sites is 1. The van der Waals surface area contributed by atoms with Crippen LogP contribution in [0.4, 0.5) is 5.69 Å². The molecule has 1 N–H and O–H groups in total. The number of benzene rings is 3. The number of aromatic hydroxyl groups is 1. The van der Waals surface area contributed by atoms with E-state index in [9.17, 15) is 5.11 Å². The van der Waals surface area contributed by atoms with Gasteiger partial charge in [-0.2, -0.15) is 0 Å². The molecule has 0 atom stereocenters. The van der Waals surface area contributed by atoms with Crippen LogP contribution in [0.15, 0.2) is 83.2 Å². The minimum atomic E-state index is -0.183. The van der Waals surface area contributed by atoms with Crippen LogP contribution in [0.5, 0.6) is 5.75 Å². The van der Waals surface area contributed by atoms with E-state index in [0.717, 1.165) is 39.4 Å². The Kier molecular flexibility index (Phi) is 6.55. The van der Waals surface area contributed by atoms with Gasteiger partial charge in [0.05, 0.1) is 17.9 Å². The van der Waals surface area contributed by atoms with Crippen molar-refractivity contribution in [1.29, 1.82) is 0 Å². The normalized spacial score (nSPS) is 12.8. The van der Waals surface area contributed by atoms with Gasteiger partial charge in [0.1, 0.15) is 5.75 Å². The molecule has 0 saturated carbocycles. The summed E-state index contributed by atoms with van der Waals surface area (Å²) in [7, 11) is 0. The second-order valence-corrected chi connectivity index (χ2v) is 11.7. The SMILES string of the molecule is CC(C)(C)c1cc(-c2csc(=Nc3ccccc3)n2Cc2ccccc2)cc(C(C)(C)C)c1O. The zero-order valence-electron chi connectivity index (χ0n) is 21.0. The van der Waals surface area contributed by atoms with E-state index >= 15 is 0 Å². The number of hydrogen-bond acceptors (Lipinski definition) is 3. The Balaban J connectivity index is 1.97. The molecule has 3 nitrogen and oxygen atoms in total. The summed E-state index contributed by atoms with van der Waals surface area (Å²) in [6.07, 6.45) is 0. The highest BCUT2D eigenvalue weighted by atomic mass is 32.1. The van der Waals surface area contributed by atoms with Crippen molar-refractivity contribution in [1.82, 2.24) is 4.57 Å². The lowest BCUT2D eigenvalue weighted by Crippen LogP contribution is -2.19. The van der Waals surface area contributed by atoms with Crippen LogP contribution in [0.3, 0.4) is 0 Å². The Morgan fingerprint density at radius 1 is 0.794 bits per heavy atom. The average Bonchev–Trinajstić information content (AvgIpc) is 3.15. The molecule has 3 aromatic carbocycles. The second-order valence-electron chi connectivity index (χ2n) is 10.8. The molecule has 0 unspecified atom stereocenters. The lowest BCUT2D eigenvalue weighted by Gasteiger charge is -2.28. The minimum absolute atomic E-state index is 0.183. The fourth-order valence-electron chi connectivity index (χ4n) is 4.11. The number of thiazole rings is 1. The maximum atomic E-state index is 11.2. The molecule has 0 amide bonds. The molecule has 0 aliphatic rings. The van der Waals surface area contributed by atoms with Crippen molar-refractivity contribution in [3.8, 4) is 17.0 Å². The molecule has 0 spiro atoms. The molecule has 0 radical (unpaired) electrons. The Bertz CT molecular complexity index is 1300. The van der Waals surface area contributed by atoms with Crippen molar-refractivity contribution in [3.63, 3.8) is 0 Å². The first-order valence-electron chi connectivity index (χ1n) is 11.7. The van der Waals surface area contributed by atoms with Crippen LogP contribution < -0.4 is 4.80 Å². The zero-order valence-corrected chi connectivity index (χ0v) is 21.8. The lowest BCUT2D eigenvalue weighted by molar-refractivity contribution is 0.423. The molecule has 0 aliphatic heterocycles. The van der Waals surface area contributed by atoms with Crippen LogP contribution in [-0.4, -0.2) is 9.67 Å². The number of aromatic nitrogens is 1. The van der Waals surface area contributed by atoms with Crippen LogP contribution in [-0.2, 0) is 17.4 Å². The van der Waals surface area contributed by atoms with Gasteiger partial charge in [-0.1, -0.05) is 90.1 Å². The van der Waals surface area contributed by atoms with E-state index in [0.29, 0.717) is 5.75 Å². The van der Waals surface area contributed by atoms with Crippen molar-refractivity contribution in [3.05, 3.63) is 99.7 Å². The largest absolute Gasteiger partial charge is 0.507 e. The van der Waals surface area contributed by atoms with Crippen molar-refractivity contribution >= 4 is 17.0 Å². The molecule has 1 aromatic heterocycles. The van der Waals surface area contributed by atoms with Gasteiger partial charge in [-0.15, -0.1) is 11.3 Å². The third-order valence-corrected chi connectivity index (χ3v) is 6.85. The monoisotopic (exact) mass is 470 g/mol. The molecule has 0 saturated heterocycles. The molecule has 4 aromatic rings. The van der Waals surface area contributed by atoms with Gasteiger partial charge in [0.15, 0.2) is 4.80 Å². The van der Waals surface area contributed by atoms with Crippen LogP contribution in [0.25, 0.3) is 11.3 Å². The third-order valence-electron chi connectivity index (χ3n) is 5.98. The molecular weight excluding hydrogens is 436 g/mol. The highest BCUT2D eigenvalue weighted by molar-refractivity contribution is 7.07. The highest BCUT2D eigenvalue weighted by Crippen LogP contribution is 2.42. The Hall–Kier alpha value is -3.11. The first-order chi connectivity index (χ1) is 16.0. The van der Waals surface area contributed by atoms with E-state index in [-0.39, 0.29) is 10.8 Å². The predicted octanol–water partition coefficient (Wildman–Crippen LogP) is 7.80. The van der Waals surface area contributed by atoms with Crippen molar-refractivity contribution in [2.24, 2.45) is 4.99 Å². The summed E-state index contributed by atoms with van der Waals surface area (Å²) >= 11 is 1.65.